The Hall–Kier alpha value is -2.67. The molecule has 1 saturated carbocycles. The van der Waals surface area contributed by atoms with Gasteiger partial charge in [0.1, 0.15) is 11.6 Å². The predicted molar refractivity (Wildman–Crippen MR) is 145 cm³/mol. The molecule has 1 aliphatic carbocycles. The van der Waals surface area contributed by atoms with E-state index in [1.807, 2.05) is 27.8 Å². The molecule has 1 spiro atoms. The molecule has 2 aromatic rings. The van der Waals surface area contributed by atoms with E-state index in [1.54, 1.807) is 0 Å². The van der Waals surface area contributed by atoms with Gasteiger partial charge < -0.3 is 10.2 Å². The molecule has 2 saturated heterocycles. The van der Waals surface area contributed by atoms with Crippen LogP contribution in [-0.4, -0.2) is 62.6 Å². The average molecular weight is 506 g/mol. The fourth-order valence-corrected chi connectivity index (χ4v) is 6.87. The van der Waals surface area contributed by atoms with Gasteiger partial charge in [0.05, 0.1) is 11.4 Å². The summed E-state index contributed by atoms with van der Waals surface area (Å²) in [6.45, 7) is 9.39. The van der Waals surface area contributed by atoms with Gasteiger partial charge in [-0.15, -0.1) is 0 Å². The summed E-state index contributed by atoms with van der Waals surface area (Å²) in [6, 6.07) is 9.90. The van der Waals surface area contributed by atoms with E-state index in [-0.39, 0.29) is 17.9 Å². The van der Waals surface area contributed by atoms with Crippen molar-refractivity contribution in [3.63, 3.8) is 0 Å². The molecule has 1 aromatic carbocycles. The number of hydrogen-bond donors (Lipinski definition) is 1. The van der Waals surface area contributed by atoms with Crippen molar-refractivity contribution < 1.29 is 9.59 Å². The highest BCUT2D eigenvalue weighted by Crippen LogP contribution is 2.36. The van der Waals surface area contributed by atoms with Crippen LogP contribution in [-0.2, 0) is 16.1 Å². The maximum absolute atomic E-state index is 13.7. The summed E-state index contributed by atoms with van der Waals surface area (Å²) >= 11 is 0. The average Bonchev–Trinajstić information content (AvgIpc) is 3.20. The zero-order valence-corrected chi connectivity index (χ0v) is 22.8. The molecule has 200 valence electrons. The van der Waals surface area contributed by atoms with Gasteiger partial charge in [0.25, 0.3) is 0 Å². The molecule has 2 amide bonds. The third-order valence-corrected chi connectivity index (χ3v) is 9.06. The minimum Gasteiger partial charge on any atom is -0.342 e. The molecule has 3 fully saturated rings. The van der Waals surface area contributed by atoms with Gasteiger partial charge in [0, 0.05) is 37.4 Å². The molecular formula is C30H43N5O2. The number of rotatable bonds is 7. The normalized spacial score (nSPS) is 23.0. The van der Waals surface area contributed by atoms with Gasteiger partial charge in [-0.05, 0) is 57.6 Å². The van der Waals surface area contributed by atoms with E-state index >= 15 is 0 Å². The molecule has 1 aromatic heterocycles. The Kier molecular flexibility index (Phi) is 7.70. The van der Waals surface area contributed by atoms with E-state index < -0.39 is 5.54 Å². The number of hydrogen-bond acceptors (Lipinski definition) is 4. The van der Waals surface area contributed by atoms with Crippen LogP contribution in [0.5, 0.6) is 0 Å². The van der Waals surface area contributed by atoms with Crippen LogP contribution in [0.25, 0.3) is 5.69 Å². The van der Waals surface area contributed by atoms with Crippen LogP contribution in [0.1, 0.15) is 81.7 Å². The zero-order valence-electron chi connectivity index (χ0n) is 22.8. The number of benzene rings is 1. The van der Waals surface area contributed by atoms with E-state index in [0.717, 1.165) is 49.6 Å². The number of nitrogens with one attached hydrogen (secondary N) is 1. The van der Waals surface area contributed by atoms with Crippen LogP contribution in [0.2, 0.25) is 0 Å². The molecule has 0 unspecified atom stereocenters. The number of amides is 2. The van der Waals surface area contributed by atoms with Crippen molar-refractivity contribution in [1.29, 1.82) is 0 Å². The predicted octanol–water partition coefficient (Wildman–Crippen LogP) is 4.53. The summed E-state index contributed by atoms with van der Waals surface area (Å²) in [5.41, 5.74) is 3.83. The van der Waals surface area contributed by atoms with Gasteiger partial charge >= 0.3 is 0 Å². The Morgan fingerprint density at radius 1 is 1.03 bits per heavy atom. The van der Waals surface area contributed by atoms with Crippen molar-refractivity contribution >= 4 is 11.8 Å². The summed E-state index contributed by atoms with van der Waals surface area (Å²) < 4.78 is 2.03. The molecule has 5 rings (SSSR count). The van der Waals surface area contributed by atoms with E-state index in [1.165, 1.54) is 37.7 Å². The van der Waals surface area contributed by atoms with Gasteiger partial charge in [-0.25, -0.2) is 4.68 Å². The summed E-state index contributed by atoms with van der Waals surface area (Å²) in [6.07, 6.45) is 9.23. The molecule has 2 aliphatic heterocycles. The molecule has 3 aliphatic rings. The van der Waals surface area contributed by atoms with Gasteiger partial charge in [-0.2, -0.15) is 5.10 Å². The fraction of sp³-hybridized carbons (Fsp3) is 0.633. The minimum absolute atomic E-state index is 0.0743. The standard InChI is InChI=1S/C30H43N5O2/c1-4-17-34-28(36)27(20-24-11-7-5-8-12-24)31-29(37)30(34)15-18-33(19-16-30)21-26-22(2)32-35(23(26)3)25-13-9-6-10-14-25/h6,9-10,13-14,24,27H,4-5,7-8,11-12,15-21H2,1-3H3,(H,31,37)/t27-/m0/s1. The number of nitrogens with zero attached hydrogens (tertiary/aromatic N) is 4. The molecule has 1 N–H and O–H groups in total. The lowest BCUT2D eigenvalue weighted by Crippen LogP contribution is -2.73. The van der Waals surface area contributed by atoms with Crippen molar-refractivity contribution in [3.8, 4) is 5.69 Å². The summed E-state index contributed by atoms with van der Waals surface area (Å²) in [7, 11) is 0. The number of carbonyl (C=O) groups is 2. The first-order valence-corrected chi connectivity index (χ1v) is 14.4. The van der Waals surface area contributed by atoms with Crippen LogP contribution < -0.4 is 5.32 Å². The lowest BCUT2D eigenvalue weighted by molar-refractivity contribution is -0.162. The highest BCUT2D eigenvalue weighted by molar-refractivity contribution is 6.00. The number of carbonyl (C=O) groups excluding carboxylic acids is 2. The Balaban J connectivity index is 1.27. The van der Waals surface area contributed by atoms with Crippen LogP contribution in [0.4, 0.5) is 0 Å². The summed E-state index contributed by atoms with van der Waals surface area (Å²) in [5, 5.41) is 8.02. The van der Waals surface area contributed by atoms with Crippen molar-refractivity contribution in [3.05, 3.63) is 47.3 Å². The summed E-state index contributed by atoms with van der Waals surface area (Å²) in [5.74, 6) is 0.784. The SMILES string of the molecule is CCCN1C(=O)[C@H](CC2CCCCC2)NC(=O)C12CCN(Cc1c(C)nn(-c3ccccc3)c1C)CC2. The highest BCUT2D eigenvalue weighted by atomic mass is 16.2. The Labute approximate surface area is 221 Å². The number of piperidine rings is 1. The van der Waals surface area contributed by atoms with E-state index in [0.29, 0.717) is 25.3 Å². The van der Waals surface area contributed by atoms with Crippen molar-refractivity contribution in [1.82, 2.24) is 24.9 Å². The number of piperazine rings is 1. The van der Waals surface area contributed by atoms with E-state index in [2.05, 4.69) is 43.1 Å². The van der Waals surface area contributed by atoms with Crippen LogP contribution >= 0.6 is 0 Å². The second kappa shape index (κ2) is 11.0. The number of aryl methyl sites for hydroxylation is 1. The molecule has 7 heteroatoms. The van der Waals surface area contributed by atoms with Gasteiger partial charge in [0.15, 0.2) is 0 Å². The lowest BCUT2D eigenvalue weighted by atomic mass is 9.79. The number of para-hydroxylation sites is 1. The van der Waals surface area contributed by atoms with Crippen molar-refractivity contribution in [2.45, 2.75) is 96.7 Å². The molecule has 37 heavy (non-hydrogen) atoms. The molecule has 0 bridgehead atoms. The first kappa shape index (κ1) is 26.0. The quantitative estimate of drug-likeness (QED) is 0.600. The van der Waals surface area contributed by atoms with Crippen LogP contribution in [0, 0.1) is 19.8 Å². The zero-order chi connectivity index (χ0) is 26.0. The smallest absolute Gasteiger partial charge is 0.246 e. The van der Waals surface area contributed by atoms with Gasteiger partial charge in [0.2, 0.25) is 11.8 Å². The Bertz CT molecular complexity index is 1100. The van der Waals surface area contributed by atoms with E-state index in [4.69, 9.17) is 5.10 Å². The molecule has 1 atom stereocenters. The fourth-order valence-electron chi connectivity index (χ4n) is 6.87. The maximum Gasteiger partial charge on any atom is 0.246 e. The second-order valence-corrected chi connectivity index (χ2v) is 11.5. The molecular weight excluding hydrogens is 462 g/mol. The third kappa shape index (κ3) is 5.07. The van der Waals surface area contributed by atoms with E-state index in [9.17, 15) is 9.59 Å². The first-order valence-electron chi connectivity index (χ1n) is 14.4. The lowest BCUT2D eigenvalue weighted by Gasteiger charge is -2.52. The van der Waals surface area contributed by atoms with Gasteiger partial charge in [-0.1, -0.05) is 57.2 Å². The van der Waals surface area contributed by atoms with Gasteiger partial charge in [-0.3, -0.25) is 14.5 Å². The number of aromatic nitrogens is 2. The Morgan fingerprint density at radius 2 is 1.73 bits per heavy atom. The minimum atomic E-state index is -0.703. The summed E-state index contributed by atoms with van der Waals surface area (Å²) in [4.78, 5) is 31.7. The molecule has 3 heterocycles. The topological polar surface area (TPSA) is 70.5 Å². The number of likely N-dealkylation sites (tertiary alicyclic amines) is 1. The largest absolute Gasteiger partial charge is 0.342 e. The Morgan fingerprint density at radius 3 is 2.41 bits per heavy atom. The molecule has 0 radical (unpaired) electrons. The second-order valence-electron chi connectivity index (χ2n) is 11.5. The monoisotopic (exact) mass is 505 g/mol. The van der Waals surface area contributed by atoms with Crippen LogP contribution in [0.15, 0.2) is 30.3 Å². The van der Waals surface area contributed by atoms with Crippen molar-refractivity contribution in [2.75, 3.05) is 19.6 Å². The van der Waals surface area contributed by atoms with Crippen molar-refractivity contribution in [2.24, 2.45) is 5.92 Å². The maximum atomic E-state index is 13.7. The molecule has 7 nitrogen and oxygen atoms in total. The highest BCUT2D eigenvalue weighted by Gasteiger charge is 2.53. The third-order valence-electron chi connectivity index (χ3n) is 9.06. The van der Waals surface area contributed by atoms with Crippen LogP contribution in [0.3, 0.4) is 0 Å². The first-order chi connectivity index (χ1) is 17.9.